The van der Waals surface area contributed by atoms with Gasteiger partial charge in [-0.15, -0.1) is 10.9 Å². The van der Waals surface area contributed by atoms with Crippen molar-refractivity contribution in [2.24, 2.45) is 4.99 Å². The van der Waals surface area contributed by atoms with Gasteiger partial charge in [-0.25, -0.2) is 0 Å². The van der Waals surface area contributed by atoms with Gasteiger partial charge in [0.05, 0.1) is 11.3 Å². The van der Waals surface area contributed by atoms with Gasteiger partial charge in [0, 0.05) is 15.8 Å². The highest BCUT2D eigenvalue weighted by atomic mass is 79.9. The van der Waals surface area contributed by atoms with Crippen molar-refractivity contribution >= 4 is 43.2 Å². The van der Waals surface area contributed by atoms with Crippen LogP contribution in [0.1, 0.15) is 15.9 Å². The SMILES string of the molecule is O=C1c2ccccc2N=C[SH]1Cc1ccc(Br)cc1. The Labute approximate surface area is 123 Å². The molecule has 0 spiro atoms. The summed E-state index contributed by atoms with van der Waals surface area (Å²) in [5.74, 6) is 0.763. The van der Waals surface area contributed by atoms with Gasteiger partial charge in [-0.05, 0) is 29.8 Å². The van der Waals surface area contributed by atoms with E-state index in [0.717, 1.165) is 21.5 Å². The van der Waals surface area contributed by atoms with E-state index >= 15 is 0 Å². The first-order valence-electron chi connectivity index (χ1n) is 5.93. The molecule has 2 aromatic carbocycles. The van der Waals surface area contributed by atoms with Crippen LogP contribution in [0.3, 0.4) is 0 Å². The van der Waals surface area contributed by atoms with E-state index < -0.39 is 10.9 Å². The number of hydrogen-bond donors (Lipinski definition) is 1. The molecule has 0 radical (unpaired) electrons. The number of hydrogen-bond acceptors (Lipinski definition) is 2. The van der Waals surface area contributed by atoms with Crippen molar-refractivity contribution in [2.75, 3.05) is 0 Å². The summed E-state index contributed by atoms with van der Waals surface area (Å²) in [7, 11) is -0.851. The Balaban J connectivity index is 1.85. The second kappa shape index (κ2) is 5.31. The monoisotopic (exact) mass is 333 g/mol. The van der Waals surface area contributed by atoms with Gasteiger partial charge >= 0.3 is 0 Å². The Morgan fingerprint density at radius 1 is 1.05 bits per heavy atom. The summed E-state index contributed by atoms with van der Waals surface area (Å²) in [5, 5.41) is 0.225. The zero-order valence-corrected chi connectivity index (χ0v) is 12.6. The van der Waals surface area contributed by atoms with Gasteiger partial charge in [0.2, 0.25) is 5.12 Å². The van der Waals surface area contributed by atoms with Crippen LogP contribution in [0.4, 0.5) is 5.69 Å². The van der Waals surface area contributed by atoms with Crippen LogP contribution in [0.15, 0.2) is 58.0 Å². The molecule has 0 fully saturated rings. The summed E-state index contributed by atoms with van der Waals surface area (Å²) in [4.78, 5) is 16.8. The number of fused-ring (bicyclic) bond motifs is 1. The van der Waals surface area contributed by atoms with Crippen molar-refractivity contribution in [1.29, 1.82) is 0 Å². The summed E-state index contributed by atoms with van der Waals surface area (Å²) >= 11 is 3.42. The van der Waals surface area contributed by atoms with Crippen LogP contribution in [0.25, 0.3) is 0 Å². The molecule has 1 unspecified atom stereocenters. The van der Waals surface area contributed by atoms with E-state index in [-0.39, 0.29) is 5.12 Å². The number of carbonyl (C=O) groups is 1. The molecule has 4 heteroatoms. The van der Waals surface area contributed by atoms with Gasteiger partial charge in [0.25, 0.3) is 0 Å². The number of halogens is 1. The van der Waals surface area contributed by atoms with E-state index in [1.807, 2.05) is 54.1 Å². The van der Waals surface area contributed by atoms with Crippen molar-refractivity contribution in [3.8, 4) is 0 Å². The lowest BCUT2D eigenvalue weighted by molar-refractivity contribution is 0.108. The summed E-state index contributed by atoms with van der Waals surface area (Å²) in [6.07, 6.45) is 0. The first-order chi connectivity index (χ1) is 9.24. The fraction of sp³-hybridized carbons (Fsp3) is 0.0667. The van der Waals surface area contributed by atoms with E-state index in [0.29, 0.717) is 0 Å². The molecule has 0 aromatic heterocycles. The molecule has 0 bridgehead atoms. The quantitative estimate of drug-likeness (QED) is 0.807. The Kier molecular flexibility index (Phi) is 3.53. The Bertz CT molecular complexity index is 651. The highest BCUT2D eigenvalue weighted by Crippen LogP contribution is 2.39. The van der Waals surface area contributed by atoms with Crippen LogP contribution in [-0.2, 0) is 5.75 Å². The predicted molar refractivity (Wildman–Crippen MR) is 85.8 cm³/mol. The number of thiol groups is 1. The fourth-order valence-electron chi connectivity index (χ4n) is 2.01. The summed E-state index contributed by atoms with van der Waals surface area (Å²) in [6, 6.07) is 15.7. The second-order valence-electron chi connectivity index (χ2n) is 4.32. The Hall–Kier alpha value is -1.39. The highest BCUT2D eigenvalue weighted by Gasteiger charge is 2.21. The third kappa shape index (κ3) is 2.65. The molecule has 2 aromatic rings. The highest BCUT2D eigenvalue weighted by molar-refractivity contribution is 9.10. The average molecular weight is 334 g/mol. The number of aliphatic imine (C=N–C) groups is 1. The molecule has 0 saturated heterocycles. The van der Waals surface area contributed by atoms with Crippen molar-refractivity contribution in [1.82, 2.24) is 0 Å². The number of benzene rings is 2. The van der Waals surface area contributed by atoms with E-state index in [1.165, 1.54) is 5.56 Å². The maximum Gasteiger partial charge on any atom is 0.207 e. The number of para-hydroxylation sites is 1. The molecule has 3 rings (SSSR count). The predicted octanol–water partition coefficient (Wildman–Crippen LogP) is 4.46. The minimum Gasteiger partial charge on any atom is -0.283 e. The topological polar surface area (TPSA) is 29.4 Å². The zero-order valence-electron chi connectivity index (χ0n) is 10.1. The van der Waals surface area contributed by atoms with E-state index in [9.17, 15) is 4.79 Å². The van der Waals surface area contributed by atoms with Gasteiger partial charge in [0.1, 0.15) is 0 Å². The molecule has 1 heterocycles. The minimum absolute atomic E-state index is 0.225. The van der Waals surface area contributed by atoms with E-state index in [1.54, 1.807) is 0 Å². The van der Waals surface area contributed by atoms with Gasteiger partial charge < -0.3 is 0 Å². The molecule has 0 N–H and O–H groups in total. The van der Waals surface area contributed by atoms with Crippen molar-refractivity contribution < 1.29 is 4.79 Å². The molecule has 1 atom stereocenters. The largest absolute Gasteiger partial charge is 0.283 e. The lowest BCUT2D eigenvalue weighted by Gasteiger charge is -2.20. The molecular formula is C15H12BrNOS. The minimum atomic E-state index is -0.851. The third-order valence-corrected chi connectivity index (χ3v) is 5.39. The molecule has 19 heavy (non-hydrogen) atoms. The zero-order chi connectivity index (χ0) is 13.2. The number of rotatable bonds is 2. The molecule has 1 aliphatic heterocycles. The lowest BCUT2D eigenvalue weighted by Crippen LogP contribution is -2.07. The van der Waals surface area contributed by atoms with Crippen LogP contribution >= 0.6 is 26.8 Å². The normalized spacial score (nSPS) is 19.2. The number of carbonyl (C=O) groups excluding carboxylic acids is 1. The first kappa shape index (κ1) is 12.6. The Morgan fingerprint density at radius 2 is 1.79 bits per heavy atom. The maximum atomic E-state index is 12.4. The molecule has 0 saturated carbocycles. The lowest BCUT2D eigenvalue weighted by atomic mass is 10.2. The molecule has 0 amide bonds. The molecular weight excluding hydrogens is 322 g/mol. The van der Waals surface area contributed by atoms with Crippen molar-refractivity contribution in [3.05, 3.63) is 64.1 Å². The second-order valence-corrected chi connectivity index (χ2v) is 7.13. The van der Waals surface area contributed by atoms with E-state index in [4.69, 9.17) is 0 Å². The molecule has 0 aliphatic carbocycles. The van der Waals surface area contributed by atoms with Crippen molar-refractivity contribution in [2.45, 2.75) is 5.75 Å². The molecule has 2 nitrogen and oxygen atoms in total. The average Bonchev–Trinajstić information content (AvgIpc) is 2.45. The molecule has 96 valence electrons. The van der Waals surface area contributed by atoms with Gasteiger partial charge in [0.15, 0.2) is 0 Å². The summed E-state index contributed by atoms with van der Waals surface area (Å²) in [5.41, 5.74) is 4.56. The van der Waals surface area contributed by atoms with E-state index in [2.05, 4.69) is 20.9 Å². The third-order valence-electron chi connectivity index (χ3n) is 3.00. The van der Waals surface area contributed by atoms with Crippen LogP contribution in [0.2, 0.25) is 0 Å². The van der Waals surface area contributed by atoms with Gasteiger partial charge in [-0.2, -0.15) is 0 Å². The molecule has 1 aliphatic rings. The van der Waals surface area contributed by atoms with Crippen molar-refractivity contribution in [3.63, 3.8) is 0 Å². The van der Waals surface area contributed by atoms with Gasteiger partial charge in [-0.3, -0.25) is 9.79 Å². The van der Waals surface area contributed by atoms with Crippen LogP contribution in [0.5, 0.6) is 0 Å². The van der Waals surface area contributed by atoms with Gasteiger partial charge in [-0.1, -0.05) is 40.2 Å². The van der Waals surface area contributed by atoms with Crippen LogP contribution in [-0.4, -0.2) is 10.7 Å². The fourth-order valence-corrected chi connectivity index (χ4v) is 3.97. The first-order valence-corrected chi connectivity index (χ1v) is 8.31. The van der Waals surface area contributed by atoms with Crippen LogP contribution < -0.4 is 0 Å². The summed E-state index contributed by atoms with van der Waals surface area (Å²) in [6.45, 7) is 0. The standard InChI is InChI=1S/C15H12BrNOS/c16-12-7-5-11(6-8-12)9-19-10-17-14-4-2-1-3-13(14)15(19)18/h1-8,10,19H,9H2. The number of nitrogens with zero attached hydrogens (tertiary/aromatic N) is 1. The van der Waals surface area contributed by atoms with Crippen LogP contribution in [0, 0.1) is 0 Å². The summed E-state index contributed by atoms with van der Waals surface area (Å²) < 4.78 is 1.05. The Morgan fingerprint density at radius 3 is 2.58 bits per heavy atom. The smallest absolute Gasteiger partial charge is 0.207 e. The maximum absolute atomic E-state index is 12.4.